The van der Waals surface area contributed by atoms with Gasteiger partial charge in [0.05, 0.1) is 11.8 Å². The average Bonchev–Trinajstić information content (AvgIpc) is 3.27. The van der Waals surface area contributed by atoms with Crippen molar-refractivity contribution in [3.63, 3.8) is 0 Å². The summed E-state index contributed by atoms with van der Waals surface area (Å²) in [6.07, 6.45) is 0.0356. The fraction of sp³-hybridized carbons (Fsp3) is 0.273. The summed E-state index contributed by atoms with van der Waals surface area (Å²) in [5.41, 5.74) is 3.96. The Hall–Kier alpha value is -2.99. The Morgan fingerprint density at radius 1 is 1.21 bits per heavy atom. The monoisotopic (exact) mass is 379 g/mol. The second-order valence-corrected chi connectivity index (χ2v) is 7.34. The van der Waals surface area contributed by atoms with Crippen molar-refractivity contribution in [3.8, 4) is 11.1 Å². The number of aromatic amines is 1. The number of carbonyl (C=O) groups is 1. The second kappa shape index (κ2) is 7.56. The van der Waals surface area contributed by atoms with Gasteiger partial charge < -0.3 is 10.0 Å². The Morgan fingerprint density at radius 2 is 1.96 bits per heavy atom. The molecule has 0 saturated carbocycles. The topological polar surface area (TPSA) is 69.2 Å². The van der Waals surface area contributed by atoms with Crippen molar-refractivity contribution < 1.29 is 14.3 Å². The highest BCUT2D eigenvalue weighted by molar-refractivity contribution is 6.01. The van der Waals surface area contributed by atoms with Gasteiger partial charge in [0.15, 0.2) is 0 Å². The van der Waals surface area contributed by atoms with Crippen molar-refractivity contribution in [3.05, 3.63) is 77.4 Å². The number of amides is 1. The highest BCUT2D eigenvalue weighted by Gasteiger charge is 2.35. The van der Waals surface area contributed by atoms with E-state index in [1.807, 2.05) is 31.2 Å². The maximum Gasteiger partial charge on any atom is 0.254 e. The van der Waals surface area contributed by atoms with Gasteiger partial charge in [-0.1, -0.05) is 30.3 Å². The van der Waals surface area contributed by atoms with Crippen LogP contribution in [0.15, 0.2) is 54.6 Å². The van der Waals surface area contributed by atoms with Crippen molar-refractivity contribution in [2.75, 3.05) is 13.1 Å². The summed E-state index contributed by atoms with van der Waals surface area (Å²) in [6, 6.07) is 15.4. The van der Waals surface area contributed by atoms with Gasteiger partial charge in [-0.25, -0.2) is 4.39 Å². The van der Waals surface area contributed by atoms with Crippen LogP contribution in [0.2, 0.25) is 0 Å². The Morgan fingerprint density at radius 3 is 2.68 bits per heavy atom. The van der Waals surface area contributed by atoms with Gasteiger partial charge >= 0.3 is 0 Å². The molecule has 1 amide bonds. The van der Waals surface area contributed by atoms with Crippen molar-refractivity contribution in [2.45, 2.75) is 19.4 Å². The fourth-order valence-corrected chi connectivity index (χ4v) is 3.79. The zero-order valence-corrected chi connectivity index (χ0v) is 15.6. The summed E-state index contributed by atoms with van der Waals surface area (Å²) in [7, 11) is 0. The molecule has 1 aliphatic rings. The van der Waals surface area contributed by atoms with Crippen LogP contribution in [0.3, 0.4) is 0 Å². The molecule has 5 nitrogen and oxygen atoms in total. The first kappa shape index (κ1) is 18.4. The van der Waals surface area contributed by atoms with Crippen LogP contribution in [0.4, 0.5) is 4.39 Å². The summed E-state index contributed by atoms with van der Waals surface area (Å²) < 4.78 is 13.3. The molecule has 28 heavy (non-hydrogen) atoms. The average molecular weight is 379 g/mol. The first-order valence-corrected chi connectivity index (χ1v) is 9.34. The number of aliphatic hydroxyl groups excluding tert-OH is 1. The zero-order valence-electron chi connectivity index (χ0n) is 15.6. The van der Waals surface area contributed by atoms with Crippen LogP contribution in [0.5, 0.6) is 0 Å². The lowest BCUT2D eigenvalue weighted by Crippen LogP contribution is -2.30. The summed E-state index contributed by atoms with van der Waals surface area (Å²) >= 11 is 0. The van der Waals surface area contributed by atoms with E-state index in [0.717, 1.165) is 22.5 Å². The van der Waals surface area contributed by atoms with E-state index in [0.29, 0.717) is 25.1 Å². The molecule has 0 radical (unpaired) electrons. The third kappa shape index (κ3) is 3.68. The lowest BCUT2D eigenvalue weighted by Gasteiger charge is -2.18. The summed E-state index contributed by atoms with van der Waals surface area (Å²) in [6.45, 7) is 2.71. The molecule has 1 fully saturated rings. The van der Waals surface area contributed by atoms with E-state index in [-0.39, 0.29) is 17.6 Å². The minimum absolute atomic E-state index is 0.0513. The molecule has 144 valence electrons. The maximum atomic E-state index is 13.3. The quantitative estimate of drug-likeness (QED) is 0.731. The normalized spacial score (nSPS) is 19.2. The molecular formula is C22H22FN3O2. The number of β-amino-alcohol motifs (C(OH)–C–C–N with tert-alkyl or cyclic N) is 1. The first-order valence-electron chi connectivity index (χ1n) is 9.34. The maximum absolute atomic E-state index is 13.3. The van der Waals surface area contributed by atoms with Crippen LogP contribution in [0.1, 0.15) is 21.7 Å². The molecule has 0 bridgehead atoms. The number of nitrogens with zero attached hydrogens (tertiary/aromatic N) is 2. The van der Waals surface area contributed by atoms with Crippen molar-refractivity contribution in [1.82, 2.24) is 15.1 Å². The smallest absolute Gasteiger partial charge is 0.254 e. The van der Waals surface area contributed by atoms with Gasteiger partial charge in [-0.15, -0.1) is 0 Å². The van der Waals surface area contributed by atoms with Crippen LogP contribution in [0.25, 0.3) is 11.1 Å². The summed E-state index contributed by atoms with van der Waals surface area (Å²) in [5, 5.41) is 17.6. The van der Waals surface area contributed by atoms with Crippen LogP contribution in [-0.2, 0) is 6.42 Å². The molecule has 4 rings (SSSR count). The van der Waals surface area contributed by atoms with E-state index < -0.39 is 6.10 Å². The Bertz CT molecular complexity index is 983. The minimum Gasteiger partial charge on any atom is -0.391 e. The molecule has 1 aliphatic heterocycles. The molecule has 6 heteroatoms. The number of carbonyl (C=O) groups excluding carboxylic acids is 1. The van der Waals surface area contributed by atoms with Gasteiger partial charge in [0.25, 0.3) is 5.91 Å². The van der Waals surface area contributed by atoms with Crippen molar-refractivity contribution in [1.29, 1.82) is 0 Å². The van der Waals surface area contributed by atoms with Gasteiger partial charge in [0.2, 0.25) is 0 Å². The number of nitrogens with one attached hydrogen (secondary N) is 1. The van der Waals surface area contributed by atoms with Crippen LogP contribution >= 0.6 is 0 Å². The van der Waals surface area contributed by atoms with Gasteiger partial charge in [-0.2, -0.15) is 5.10 Å². The van der Waals surface area contributed by atoms with E-state index in [2.05, 4.69) is 10.2 Å². The van der Waals surface area contributed by atoms with E-state index in [9.17, 15) is 14.3 Å². The highest BCUT2D eigenvalue weighted by Crippen LogP contribution is 2.28. The molecule has 1 saturated heterocycles. The third-order valence-electron chi connectivity index (χ3n) is 5.24. The molecular weight excluding hydrogens is 357 g/mol. The van der Waals surface area contributed by atoms with E-state index in [4.69, 9.17) is 0 Å². The van der Waals surface area contributed by atoms with Crippen molar-refractivity contribution in [2.24, 2.45) is 5.92 Å². The molecule has 2 atom stereocenters. The van der Waals surface area contributed by atoms with Crippen LogP contribution < -0.4 is 0 Å². The Labute approximate surface area is 162 Å². The lowest BCUT2D eigenvalue weighted by atomic mass is 9.98. The first-order chi connectivity index (χ1) is 13.5. The molecule has 2 aromatic carbocycles. The Balaban J connectivity index is 1.54. The number of aryl methyl sites for hydroxylation is 1. The lowest BCUT2D eigenvalue weighted by molar-refractivity contribution is 0.0765. The van der Waals surface area contributed by atoms with E-state index in [1.54, 1.807) is 23.1 Å². The summed E-state index contributed by atoms with van der Waals surface area (Å²) in [4.78, 5) is 14.9. The largest absolute Gasteiger partial charge is 0.391 e. The molecule has 1 aromatic heterocycles. The molecule has 2 heterocycles. The van der Waals surface area contributed by atoms with E-state index >= 15 is 0 Å². The molecule has 0 unspecified atom stereocenters. The number of H-pyrrole nitrogens is 1. The molecule has 0 spiro atoms. The zero-order chi connectivity index (χ0) is 19.7. The van der Waals surface area contributed by atoms with Crippen LogP contribution in [-0.4, -0.2) is 45.3 Å². The number of likely N-dealkylation sites (tertiary alicyclic amines) is 1. The second-order valence-electron chi connectivity index (χ2n) is 7.34. The van der Waals surface area contributed by atoms with Gasteiger partial charge in [0.1, 0.15) is 5.82 Å². The molecule has 0 aliphatic carbocycles. The number of aromatic nitrogens is 2. The number of hydrogen-bond acceptors (Lipinski definition) is 3. The SMILES string of the molecule is Cc1cc(C[C@@H]2CN(C(=O)c3ccccc3-c3ccc(F)cc3)C[C@@H]2O)n[nH]1. The highest BCUT2D eigenvalue weighted by atomic mass is 19.1. The number of benzene rings is 2. The van der Waals surface area contributed by atoms with Gasteiger partial charge in [-0.05, 0) is 48.7 Å². The fourth-order valence-electron chi connectivity index (χ4n) is 3.79. The number of rotatable bonds is 4. The minimum atomic E-state index is -0.584. The number of aliphatic hydroxyl groups is 1. The predicted molar refractivity (Wildman–Crippen MR) is 104 cm³/mol. The Kier molecular flexibility index (Phi) is 4.96. The van der Waals surface area contributed by atoms with Gasteiger partial charge in [0, 0.05) is 30.3 Å². The standard InChI is InChI=1S/C22H22FN3O2/c1-14-10-18(25-24-14)11-16-12-26(13-21(16)27)22(28)20-5-3-2-4-19(20)15-6-8-17(23)9-7-15/h2-10,16,21,27H,11-13H2,1H3,(H,24,25)/t16-,21+/m1/s1. The summed E-state index contributed by atoms with van der Waals surface area (Å²) in [5.74, 6) is -0.490. The number of hydrogen-bond donors (Lipinski definition) is 2. The molecule has 3 aromatic rings. The molecule has 2 N–H and O–H groups in total. The number of halogens is 1. The van der Waals surface area contributed by atoms with Crippen molar-refractivity contribution >= 4 is 5.91 Å². The van der Waals surface area contributed by atoms with Crippen LogP contribution in [0, 0.1) is 18.7 Å². The van der Waals surface area contributed by atoms with E-state index in [1.165, 1.54) is 12.1 Å². The predicted octanol–water partition coefficient (Wildman–Crippen LogP) is 3.20. The van der Waals surface area contributed by atoms with Gasteiger partial charge in [-0.3, -0.25) is 9.89 Å². The third-order valence-corrected chi connectivity index (χ3v) is 5.24.